The predicted molar refractivity (Wildman–Crippen MR) is 91.1 cm³/mol. The summed E-state index contributed by atoms with van der Waals surface area (Å²) in [5.41, 5.74) is 0.695. The SMILES string of the molecule is CS(=O)(=O)NC1COC2C1OCC2n1cc(COc2ccccc2)nn1. The van der Waals surface area contributed by atoms with E-state index in [4.69, 9.17) is 14.2 Å². The van der Waals surface area contributed by atoms with Gasteiger partial charge >= 0.3 is 0 Å². The first-order valence-electron chi connectivity index (χ1n) is 8.29. The third-order valence-corrected chi connectivity index (χ3v) is 5.15. The van der Waals surface area contributed by atoms with Crippen LogP contribution in [0.15, 0.2) is 36.5 Å². The molecule has 3 heterocycles. The maximum atomic E-state index is 11.5. The minimum Gasteiger partial charge on any atom is -0.487 e. The van der Waals surface area contributed by atoms with Gasteiger partial charge in [0.05, 0.1) is 31.7 Å². The summed E-state index contributed by atoms with van der Waals surface area (Å²) in [6, 6.07) is 8.95. The molecule has 0 aliphatic carbocycles. The van der Waals surface area contributed by atoms with Crippen LogP contribution in [-0.2, 0) is 26.1 Å². The number of hydrogen-bond donors (Lipinski definition) is 1. The van der Waals surface area contributed by atoms with E-state index in [1.54, 1.807) is 10.9 Å². The molecule has 140 valence electrons. The van der Waals surface area contributed by atoms with Gasteiger partial charge in [-0.2, -0.15) is 0 Å². The Bertz CT molecular complexity index is 857. The third kappa shape index (κ3) is 3.73. The van der Waals surface area contributed by atoms with E-state index < -0.39 is 10.0 Å². The Morgan fingerprint density at radius 2 is 2.00 bits per heavy atom. The van der Waals surface area contributed by atoms with Crippen molar-refractivity contribution in [2.45, 2.75) is 30.9 Å². The molecule has 1 aromatic heterocycles. The fourth-order valence-electron chi connectivity index (χ4n) is 3.30. The molecular weight excluding hydrogens is 360 g/mol. The first kappa shape index (κ1) is 17.4. The predicted octanol–water partition coefficient (Wildman–Crippen LogP) is 0.114. The molecule has 4 unspecified atom stereocenters. The Hall–Kier alpha value is -2.01. The van der Waals surface area contributed by atoms with Crippen molar-refractivity contribution in [2.24, 2.45) is 0 Å². The lowest BCUT2D eigenvalue weighted by Gasteiger charge is -2.16. The fraction of sp³-hybridized carbons (Fsp3) is 0.500. The van der Waals surface area contributed by atoms with Gasteiger partial charge in [-0.25, -0.2) is 17.8 Å². The molecule has 2 fully saturated rings. The van der Waals surface area contributed by atoms with Crippen LogP contribution in [0.3, 0.4) is 0 Å². The van der Waals surface area contributed by atoms with Crippen LogP contribution < -0.4 is 9.46 Å². The van der Waals surface area contributed by atoms with Gasteiger partial charge in [0.25, 0.3) is 0 Å². The van der Waals surface area contributed by atoms with Gasteiger partial charge in [0.15, 0.2) is 0 Å². The lowest BCUT2D eigenvalue weighted by Crippen LogP contribution is -2.43. The van der Waals surface area contributed by atoms with Crippen molar-refractivity contribution < 1.29 is 22.6 Å². The molecule has 1 aromatic carbocycles. The second-order valence-electron chi connectivity index (χ2n) is 6.45. The third-order valence-electron chi connectivity index (χ3n) is 4.42. The number of para-hydroxylation sites is 1. The number of hydrogen-bond acceptors (Lipinski definition) is 7. The smallest absolute Gasteiger partial charge is 0.209 e. The topological polar surface area (TPSA) is 105 Å². The Labute approximate surface area is 151 Å². The van der Waals surface area contributed by atoms with Gasteiger partial charge in [-0.15, -0.1) is 5.10 Å². The minimum atomic E-state index is -3.32. The summed E-state index contributed by atoms with van der Waals surface area (Å²) in [7, 11) is -3.32. The quantitative estimate of drug-likeness (QED) is 0.759. The molecule has 4 atom stereocenters. The monoisotopic (exact) mass is 380 g/mol. The molecule has 2 saturated heterocycles. The molecule has 4 rings (SSSR count). The van der Waals surface area contributed by atoms with Crippen LogP contribution in [0.1, 0.15) is 11.7 Å². The number of aromatic nitrogens is 3. The average Bonchev–Trinajstić information content (AvgIpc) is 3.30. The summed E-state index contributed by atoms with van der Waals surface area (Å²) in [5, 5.41) is 8.29. The van der Waals surface area contributed by atoms with Crippen molar-refractivity contribution in [1.82, 2.24) is 19.7 Å². The summed E-state index contributed by atoms with van der Waals surface area (Å²) in [6.45, 7) is 0.974. The summed E-state index contributed by atoms with van der Waals surface area (Å²) < 4.78 is 44.4. The molecule has 26 heavy (non-hydrogen) atoms. The first-order chi connectivity index (χ1) is 12.5. The Balaban J connectivity index is 1.39. The van der Waals surface area contributed by atoms with Crippen LogP contribution in [0.5, 0.6) is 5.75 Å². The number of benzene rings is 1. The second-order valence-corrected chi connectivity index (χ2v) is 8.23. The summed E-state index contributed by atoms with van der Waals surface area (Å²) >= 11 is 0. The molecular formula is C16H20N4O5S. The molecule has 0 radical (unpaired) electrons. The van der Waals surface area contributed by atoms with Crippen molar-refractivity contribution >= 4 is 10.0 Å². The zero-order valence-corrected chi connectivity index (χ0v) is 15.0. The number of sulfonamides is 1. The van der Waals surface area contributed by atoms with Gasteiger partial charge in [-0.05, 0) is 12.1 Å². The van der Waals surface area contributed by atoms with Gasteiger partial charge in [0, 0.05) is 0 Å². The van der Waals surface area contributed by atoms with Crippen LogP contribution in [0.4, 0.5) is 0 Å². The number of nitrogens with one attached hydrogen (secondary N) is 1. The van der Waals surface area contributed by atoms with E-state index in [2.05, 4.69) is 15.0 Å². The molecule has 1 N–H and O–H groups in total. The lowest BCUT2D eigenvalue weighted by molar-refractivity contribution is 0.0624. The van der Waals surface area contributed by atoms with Crippen LogP contribution in [-0.4, -0.2) is 61.1 Å². The van der Waals surface area contributed by atoms with Crippen LogP contribution >= 0.6 is 0 Å². The molecule has 0 amide bonds. The zero-order valence-electron chi connectivity index (χ0n) is 14.2. The van der Waals surface area contributed by atoms with Gasteiger partial charge in [0.2, 0.25) is 10.0 Å². The van der Waals surface area contributed by atoms with E-state index in [1.165, 1.54) is 0 Å². The van der Waals surface area contributed by atoms with Gasteiger partial charge in [-0.1, -0.05) is 23.4 Å². The van der Waals surface area contributed by atoms with E-state index in [1.807, 2.05) is 30.3 Å². The zero-order chi connectivity index (χ0) is 18.1. The molecule has 2 aliphatic heterocycles. The van der Waals surface area contributed by atoms with Gasteiger partial charge in [0.1, 0.15) is 36.3 Å². The Morgan fingerprint density at radius 3 is 2.77 bits per heavy atom. The highest BCUT2D eigenvalue weighted by atomic mass is 32.2. The summed E-state index contributed by atoms with van der Waals surface area (Å²) in [5.74, 6) is 0.764. The van der Waals surface area contributed by atoms with Crippen LogP contribution in [0.2, 0.25) is 0 Å². The normalized spacial score (nSPS) is 28.2. The Morgan fingerprint density at radius 1 is 1.23 bits per heavy atom. The van der Waals surface area contributed by atoms with E-state index in [9.17, 15) is 8.42 Å². The summed E-state index contributed by atoms with van der Waals surface area (Å²) in [6.07, 6.45) is 2.34. The number of nitrogens with zero attached hydrogens (tertiary/aromatic N) is 3. The lowest BCUT2D eigenvalue weighted by atomic mass is 10.1. The van der Waals surface area contributed by atoms with E-state index in [0.29, 0.717) is 18.9 Å². The van der Waals surface area contributed by atoms with Crippen molar-refractivity contribution in [3.05, 3.63) is 42.2 Å². The standard InChI is InChI=1S/C16H20N4O5S/c1-26(21,22)18-13-9-24-16-14(10-25-15(13)16)20-7-11(17-19-20)8-23-12-5-3-2-4-6-12/h2-7,13-16,18H,8-10H2,1H3. The maximum absolute atomic E-state index is 11.5. The molecule has 10 heteroatoms. The van der Waals surface area contributed by atoms with E-state index >= 15 is 0 Å². The fourth-order valence-corrected chi connectivity index (χ4v) is 4.05. The maximum Gasteiger partial charge on any atom is 0.209 e. The van der Waals surface area contributed by atoms with Gasteiger partial charge in [-0.3, -0.25) is 0 Å². The molecule has 2 aliphatic rings. The van der Waals surface area contributed by atoms with Crippen LogP contribution in [0, 0.1) is 0 Å². The first-order valence-corrected chi connectivity index (χ1v) is 10.2. The highest BCUT2D eigenvalue weighted by Crippen LogP contribution is 2.34. The molecule has 0 spiro atoms. The van der Waals surface area contributed by atoms with Crippen molar-refractivity contribution in [1.29, 1.82) is 0 Å². The van der Waals surface area contributed by atoms with E-state index in [-0.39, 0.29) is 30.9 Å². The van der Waals surface area contributed by atoms with Gasteiger partial charge < -0.3 is 14.2 Å². The van der Waals surface area contributed by atoms with Crippen molar-refractivity contribution in [2.75, 3.05) is 19.5 Å². The van der Waals surface area contributed by atoms with E-state index in [0.717, 1.165) is 12.0 Å². The molecule has 2 aromatic rings. The number of fused-ring (bicyclic) bond motifs is 1. The highest BCUT2D eigenvalue weighted by Gasteiger charge is 2.49. The largest absolute Gasteiger partial charge is 0.487 e. The highest BCUT2D eigenvalue weighted by molar-refractivity contribution is 7.88. The molecule has 0 bridgehead atoms. The minimum absolute atomic E-state index is 0.149. The Kier molecular flexibility index (Phi) is 4.65. The number of rotatable bonds is 6. The molecule has 9 nitrogen and oxygen atoms in total. The second kappa shape index (κ2) is 6.95. The molecule has 0 saturated carbocycles. The van der Waals surface area contributed by atoms with Crippen molar-refractivity contribution in [3.63, 3.8) is 0 Å². The number of ether oxygens (including phenoxy) is 3. The van der Waals surface area contributed by atoms with Crippen LogP contribution in [0.25, 0.3) is 0 Å². The average molecular weight is 380 g/mol. The van der Waals surface area contributed by atoms with Crippen molar-refractivity contribution in [3.8, 4) is 5.75 Å². The summed E-state index contributed by atoms with van der Waals surface area (Å²) in [4.78, 5) is 0.